The van der Waals surface area contributed by atoms with Crippen LogP contribution >= 0.6 is 11.8 Å². The van der Waals surface area contributed by atoms with Gasteiger partial charge in [-0.3, -0.25) is 14.5 Å². The van der Waals surface area contributed by atoms with Crippen molar-refractivity contribution in [2.75, 3.05) is 18.0 Å². The summed E-state index contributed by atoms with van der Waals surface area (Å²) in [5.41, 5.74) is 6.36. The lowest BCUT2D eigenvalue weighted by molar-refractivity contribution is -0.137. The highest BCUT2D eigenvalue weighted by molar-refractivity contribution is 7.99. The maximum atomic E-state index is 11.3. The predicted octanol–water partition coefficient (Wildman–Crippen LogP) is 0.905. The smallest absolute Gasteiger partial charge is 0.229 e. The van der Waals surface area contributed by atoms with Crippen molar-refractivity contribution in [1.82, 2.24) is 9.88 Å². The quantitative estimate of drug-likeness (QED) is 0.635. The first-order valence-corrected chi connectivity index (χ1v) is 6.33. The van der Waals surface area contributed by atoms with Crippen LogP contribution in [0, 0.1) is 0 Å². The Morgan fingerprint density at radius 1 is 1.35 bits per heavy atom. The van der Waals surface area contributed by atoms with E-state index >= 15 is 0 Å². The standard InChI is InChI=1S/C11H13N3O2S/c12-8-2-1-5-13-11(8)17-7-6-14-9(15)3-4-10(14)16/h1-2,5H,3-4,6-7,12H2. The Morgan fingerprint density at radius 3 is 2.71 bits per heavy atom. The van der Waals surface area contributed by atoms with Gasteiger partial charge in [-0.05, 0) is 12.1 Å². The second-order valence-corrected chi connectivity index (χ2v) is 4.77. The lowest BCUT2D eigenvalue weighted by Crippen LogP contribution is -2.31. The number of anilines is 1. The zero-order valence-electron chi connectivity index (χ0n) is 9.26. The predicted molar refractivity (Wildman–Crippen MR) is 65.3 cm³/mol. The minimum Gasteiger partial charge on any atom is -0.397 e. The third-order valence-electron chi connectivity index (χ3n) is 2.51. The summed E-state index contributed by atoms with van der Waals surface area (Å²) in [7, 11) is 0. The molecule has 0 aliphatic carbocycles. The van der Waals surface area contributed by atoms with Gasteiger partial charge in [-0.1, -0.05) is 0 Å². The fraction of sp³-hybridized carbons (Fsp3) is 0.364. The lowest BCUT2D eigenvalue weighted by atomic mass is 10.4. The zero-order chi connectivity index (χ0) is 12.3. The number of thioether (sulfide) groups is 1. The number of hydrogen-bond donors (Lipinski definition) is 1. The summed E-state index contributed by atoms with van der Waals surface area (Å²) in [5.74, 6) is 0.466. The molecule has 1 aliphatic heterocycles. The Hall–Kier alpha value is -1.56. The molecule has 1 saturated heterocycles. The molecule has 1 aromatic heterocycles. The second kappa shape index (κ2) is 5.18. The van der Waals surface area contributed by atoms with Gasteiger partial charge >= 0.3 is 0 Å². The van der Waals surface area contributed by atoms with Gasteiger partial charge in [0, 0.05) is 31.3 Å². The highest BCUT2D eigenvalue weighted by atomic mass is 32.2. The maximum absolute atomic E-state index is 11.3. The van der Waals surface area contributed by atoms with Crippen molar-refractivity contribution in [2.24, 2.45) is 0 Å². The number of nitrogens with two attached hydrogens (primary N) is 1. The van der Waals surface area contributed by atoms with E-state index in [4.69, 9.17) is 5.73 Å². The molecule has 6 heteroatoms. The van der Waals surface area contributed by atoms with E-state index in [0.717, 1.165) is 5.03 Å². The van der Waals surface area contributed by atoms with Crippen LogP contribution in [0.4, 0.5) is 5.69 Å². The van der Waals surface area contributed by atoms with Gasteiger partial charge < -0.3 is 5.73 Å². The molecular formula is C11H13N3O2S. The van der Waals surface area contributed by atoms with E-state index in [-0.39, 0.29) is 11.8 Å². The summed E-state index contributed by atoms with van der Waals surface area (Å²) < 4.78 is 0. The monoisotopic (exact) mass is 251 g/mol. The number of carbonyl (C=O) groups is 2. The molecule has 17 heavy (non-hydrogen) atoms. The van der Waals surface area contributed by atoms with E-state index in [1.807, 2.05) is 0 Å². The van der Waals surface area contributed by atoms with Crippen LogP contribution in [0.3, 0.4) is 0 Å². The number of imide groups is 1. The summed E-state index contributed by atoms with van der Waals surface area (Å²) in [4.78, 5) is 28.1. The summed E-state index contributed by atoms with van der Waals surface area (Å²) in [6, 6.07) is 3.55. The van der Waals surface area contributed by atoms with Gasteiger partial charge in [0.15, 0.2) is 0 Å². The number of amides is 2. The minimum atomic E-state index is -0.0791. The molecule has 2 heterocycles. The molecule has 90 valence electrons. The molecule has 1 aromatic rings. The molecule has 5 nitrogen and oxygen atoms in total. The number of rotatable bonds is 4. The van der Waals surface area contributed by atoms with Crippen LogP contribution in [0.15, 0.2) is 23.4 Å². The minimum absolute atomic E-state index is 0.0791. The van der Waals surface area contributed by atoms with Gasteiger partial charge in [0.05, 0.1) is 5.69 Å². The first kappa shape index (κ1) is 11.9. The number of carbonyl (C=O) groups excluding carboxylic acids is 2. The number of hydrogen-bond acceptors (Lipinski definition) is 5. The molecular weight excluding hydrogens is 238 g/mol. The summed E-state index contributed by atoms with van der Waals surface area (Å²) >= 11 is 1.46. The van der Waals surface area contributed by atoms with Crippen molar-refractivity contribution in [1.29, 1.82) is 0 Å². The molecule has 2 rings (SSSR count). The SMILES string of the molecule is Nc1cccnc1SCCN1C(=O)CCC1=O. The highest BCUT2D eigenvalue weighted by Crippen LogP contribution is 2.22. The molecule has 0 bridgehead atoms. The normalized spacial score (nSPS) is 15.6. The van der Waals surface area contributed by atoms with Crippen LogP contribution in [-0.2, 0) is 9.59 Å². The van der Waals surface area contributed by atoms with Crippen LogP contribution in [0.25, 0.3) is 0 Å². The molecule has 1 aliphatic rings. The number of nitrogen functional groups attached to an aromatic ring is 1. The topological polar surface area (TPSA) is 76.3 Å². The number of aromatic nitrogens is 1. The van der Waals surface area contributed by atoms with Gasteiger partial charge in [0.2, 0.25) is 11.8 Å². The van der Waals surface area contributed by atoms with E-state index in [1.54, 1.807) is 18.3 Å². The molecule has 0 atom stereocenters. The Morgan fingerprint density at radius 2 is 2.06 bits per heavy atom. The van der Waals surface area contributed by atoms with Gasteiger partial charge in [0.1, 0.15) is 5.03 Å². The van der Waals surface area contributed by atoms with E-state index in [1.165, 1.54) is 16.7 Å². The van der Waals surface area contributed by atoms with E-state index in [2.05, 4.69) is 4.98 Å². The van der Waals surface area contributed by atoms with Crippen LogP contribution in [-0.4, -0.2) is 34.0 Å². The molecule has 2 amide bonds. The largest absolute Gasteiger partial charge is 0.397 e. The van der Waals surface area contributed by atoms with E-state index in [0.29, 0.717) is 30.8 Å². The third kappa shape index (κ3) is 2.76. The van der Waals surface area contributed by atoms with Crippen LogP contribution in [0.2, 0.25) is 0 Å². The van der Waals surface area contributed by atoms with Crippen LogP contribution in [0.5, 0.6) is 0 Å². The molecule has 0 unspecified atom stereocenters. The average Bonchev–Trinajstić information content (AvgIpc) is 2.63. The number of pyridine rings is 1. The van der Waals surface area contributed by atoms with Crippen LogP contribution in [0.1, 0.15) is 12.8 Å². The molecule has 1 fully saturated rings. The van der Waals surface area contributed by atoms with Crippen molar-refractivity contribution < 1.29 is 9.59 Å². The van der Waals surface area contributed by atoms with Crippen molar-refractivity contribution in [3.05, 3.63) is 18.3 Å². The molecule has 0 spiro atoms. The van der Waals surface area contributed by atoms with E-state index in [9.17, 15) is 9.59 Å². The first-order chi connectivity index (χ1) is 8.18. The zero-order valence-corrected chi connectivity index (χ0v) is 10.1. The lowest BCUT2D eigenvalue weighted by Gasteiger charge is -2.13. The number of likely N-dealkylation sites (tertiary alicyclic amines) is 1. The molecule has 0 saturated carbocycles. The Labute approximate surface area is 103 Å². The summed E-state index contributed by atoms with van der Waals surface area (Å²) in [6.07, 6.45) is 2.36. The van der Waals surface area contributed by atoms with E-state index < -0.39 is 0 Å². The van der Waals surface area contributed by atoms with Gasteiger partial charge in [-0.25, -0.2) is 4.98 Å². The Bertz CT molecular complexity index is 434. The Kier molecular flexibility index (Phi) is 3.63. The maximum Gasteiger partial charge on any atom is 0.229 e. The highest BCUT2D eigenvalue weighted by Gasteiger charge is 2.28. The van der Waals surface area contributed by atoms with Crippen molar-refractivity contribution >= 4 is 29.3 Å². The summed E-state index contributed by atoms with van der Waals surface area (Å²) in [6.45, 7) is 0.429. The first-order valence-electron chi connectivity index (χ1n) is 5.35. The second-order valence-electron chi connectivity index (χ2n) is 3.69. The average molecular weight is 251 g/mol. The number of nitrogens with zero attached hydrogens (tertiary/aromatic N) is 2. The third-order valence-corrected chi connectivity index (χ3v) is 3.51. The van der Waals surface area contributed by atoms with Gasteiger partial charge in [-0.2, -0.15) is 0 Å². The molecule has 0 aromatic carbocycles. The fourth-order valence-corrected chi connectivity index (χ4v) is 2.47. The Balaban J connectivity index is 1.86. The molecule has 0 radical (unpaired) electrons. The summed E-state index contributed by atoms with van der Waals surface area (Å²) in [5, 5.41) is 0.742. The van der Waals surface area contributed by atoms with Crippen molar-refractivity contribution in [2.45, 2.75) is 17.9 Å². The van der Waals surface area contributed by atoms with Gasteiger partial charge in [0.25, 0.3) is 0 Å². The molecule has 2 N–H and O–H groups in total. The fourth-order valence-electron chi connectivity index (χ4n) is 1.63. The van der Waals surface area contributed by atoms with Crippen molar-refractivity contribution in [3.8, 4) is 0 Å². The van der Waals surface area contributed by atoms with Gasteiger partial charge in [-0.15, -0.1) is 11.8 Å². The van der Waals surface area contributed by atoms with Crippen molar-refractivity contribution in [3.63, 3.8) is 0 Å². The van der Waals surface area contributed by atoms with Crippen LogP contribution < -0.4 is 5.73 Å².